The van der Waals surface area contributed by atoms with Gasteiger partial charge < -0.3 is 9.84 Å². The van der Waals surface area contributed by atoms with Gasteiger partial charge in [0.25, 0.3) is 0 Å². The number of imide groups is 1. The van der Waals surface area contributed by atoms with Crippen LogP contribution in [0.3, 0.4) is 0 Å². The number of ketones is 2. The maximum Gasteiger partial charge on any atom is 0.238 e. The van der Waals surface area contributed by atoms with Crippen molar-refractivity contribution in [2.24, 2.45) is 17.8 Å². The van der Waals surface area contributed by atoms with E-state index in [2.05, 4.69) is 63.7 Å². The molecule has 4 atom stereocenters. The first kappa shape index (κ1) is 27.8. The van der Waals surface area contributed by atoms with E-state index in [4.69, 9.17) is 4.74 Å². The zero-order valence-electron chi connectivity index (χ0n) is 20.7. The zero-order chi connectivity index (χ0) is 28.6. The number of carbonyl (C=O) groups is 4. The Morgan fingerprint density at radius 1 is 0.950 bits per heavy atom. The number of methoxy groups -OCH3 is 1. The zero-order valence-corrected chi connectivity index (χ0v) is 27.1. The van der Waals surface area contributed by atoms with E-state index in [9.17, 15) is 24.3 Å². The number of anilines is 1. The molecule has 0 spiro atoms. The van der Waals surface area contributed by atoms with Crippen molar-refractivity contribution in [3.63, 3.8) is 0 Å². The number of amides is 2. The van der Waals surface area contributed by atoms with Gasteiger partial charge in [0.15, 0.2) is 23.1 Å². The Bertz CT molecular complexity index is 1640. The third-order valence-electron chi connectivity index (χ3n) is 8.12. The normalized spacial score (nSPS) is 25.9. The fourth-order valence-corrected chi connectivity index (χ4v) is 8.05. The van der Waals surface area contributed by atoms with Crippen LogP contribution in [0.5, 0.6) is 11.5 Å². The summed E-state index contributed by atoms with van der Waals surface area (Å²) in [5.41, 5.74) is 2.54. The molecule has 1 saturated heterocycles. The number of hydrogen-bond donors (Lipinski definition) is 1. The van der Waals surface area contributed by atoms with Crippen molar-refractivity contribution in [2.45, 2.75) is 18.8 Å². The molecule has 7 nitrogen and oxygen atoms in total. The van der Waals surface area contributed by atoms with Crippen molar-refractivity contribution in [1.82, 2.24) is 0 Å². The van der Waals surface area contributed by atoms with Crippen LogP contribution in [-0.4, -0.2) is 35.6 Å². The molecular weight excluding hydrogens is 778 g/mol. The van der Waals surface area contributed by atoms with E-state index in [0.29, 0.717) is 37.8 Å². The van der Waals surface area contributed by atoms with E-state index in [0.717, 1.165) is 10.0 Å². The van der Waals surface area contributed by atoms with Gasteiger partial charge in [-0.3, -0.25) is 24.1 Å². The number of Topliss-reactive ketones (excluding diaryl/α,β-unsaturated/α-hetero) is 1. The number of hydrogen-bond acceptors (Lipinski definition) is 6. The highest BCUT2D eigenvalue weighted by Crippen LogP contribution is 2.58. The minimum absolute atomic E-state index is 0.118. The Hall–Kier alpha value is -2.34. The molecule has 3 aliphatic carbocycles. The van der Waals surface area contributed by atoms with E-state index in [1.807, 2.05) is 6.08 Å². The van der Waals surface area contributed by atoms with Gasteiger partial charge in [0.05, 0.1) is 33.6 Å². The lowest BCUT2D eigenvalue weighted by molar-refractivity contribution is -0.123. The van der Waals surface area contributed by atoms with Gasteiger partial charge in [0.1, 0.15) is 0 Å². The van der Waals surface area contributed by atoms with Crippen molar-refractivity contribution >= 4 is 92.8 Å². The molecule has 1 N–H and O–H groups in total. The molecule has 2 aromatic carbocycles. The summed E-state index contributed by atoms with van der Waals surface area (Å²) >= 11 is 13.6. The first-order valence-corrected chi connectivity index (χ1v) is 15.5. The van der Waals surface area contributed by atoms with Gasteiger partial charge in [-0.1, -0.05) is 27.6 Å². The van der Waals surface area contributed by atoms with Gasteiger partial charge in [-0.15, -0.1) is 0 Å². The number of ether oxygens (including phenoxy) is 1. The lowest BCUT2D eigenvalue weighted by Crippen LogP contribution is -2.39. The summed E-state index contributed by atoms with van der Waals surface area (Å²) in [6.45, 7) is 0. The number of aromatic hydroxyl groups is 1. The second kappa shape index (κ2) is 10.2. The van der Waals surface area contributed by atoms with Crippen LogP contribution in [0, 0.1) is 17.8 Å². The molecule has 0 radical (unpaired) electrons. The number of rotatable bonds is 3. The van der Waals surface area contributed by atoms with Crippen LogP contribution in [0.4, 0.5) is 5.69 Å². The van der Waals surface area contributed by atoms with Crippen molar-refractivity contribution < 1.29 is 29.0 Å². The maximum atomic E-state index is 14.0. The summed E-state index contributed by atoms with van der Waals surface area (Å²) in [6, 6.07) is 8.63. The Balaban J connectivity index is 1.53. The number of phenolic OH excluding ortho intramolecular Hbond substituents is 1. The lowest BCUT2D eigenvalue weighted by Gasteiger charge is -2.42. The molecule has 0 bridgehead atoms. The molecule has 1 aliphatic heterocycles. The predicted molar refractivity (Wildman–Crippen MR) is 161 cm³/mol. The molecule has 4 aliphatic rings. The third-order valence-corrected chi connectivity index (χ3v) is 11.4. The summed E-state index contributed by atoms with van der Waals surface area (Å²) in [6.07, 6.45) is 3.71. The highest BCUT2D eigenvalue weighted by molar-refractivity contribution is 9.13. The maximum absolute atomic E-state index is 14.0. The molecule has 1 fully saturated rings. The second-order valence-electron chi connectivity index (χ2n) is 10.0. The lowest BCUT2D eigenvalue weighted by atomic mass is 9.59. The molecule has 0 saturated carbocycles. The molecule has 1 heterocycles. The molecule has 6 rings (SSSR count). The Labute approximate surface area is 262 Å². The summed E-state index contributed by atoms with van der Waals surface area (Å²) < 4.78 is 7.21. The second-order valence-corrected chi connectivity index (χ2v) is 13.4. The molecule has 40 heavy (non-hydrogen) atoms. The van der Waals surface area contributed by atoms with Crippen LogP contribution in [0.1, 0.15) is 24.3 Å². The highest BCUT2D eigenvalue weighted by atomic mass is 79.9. The number of halogens is 4. The summed E-state index contributed by atoms with van der Waals surface area (Å²) in [4.78, 5) is 55.7. The first-order chi connectivity index (χ1) is 19.0. The van der Waals surface area contributed by atoms with Crippen molar-refractivity contribution in [3.05, 3.63) is 82.7 Å². The van der Waals surface area contributed by atoms with Crippen molar-refractivity contribution in [1.29, 1.82) is 0 Å². The smallest absolute Gasteiger partial charge is 0.238 e. The van der Waals surface area contributed by atoms with Crippen molar-refractivity contribution in [3.8, 4) is 11.5 Å². The topological polar surface area (TPSA) is 101 Å². The van der Waals surface area contributed by atoms with Crippen LogP contribution < -0.4 is 9.64 Å². The molecule has 2 amide bonds. The molecule has 0 unspecified atom stereocenters. The van der Waals surface area contributed by atoms with Gasteiger partial charge in [0, 0.05) is 32.1 Å². The molecular formula is C29H19Br4NO6. The number of nitrogens with zero attached hydrogens (tertiary/aromatic N) is 1. The van der Waals surface area contributed by atoms with Crippen molar-refractivity contribution in [2.75, 3.05) is 12.0 Å². The average molecular weight is 797 g/mol. The monoisotopic (exact) mass is 793 g/mol. The van der Waals surface area contributed by atoms with Crippen LogP contribution in [0.25, 0.3) is 0 Å². The average Bonchev–Trinajstić information content (AvgIpc) is 3.20. The predicted octanol–water partition coefficient (Wildman–Crippen LogP) is 6.65. The minimum atomic E-state index is -0.701. The standard InChI is InChI=1S/C29H19Br4NO6/c1-40-20-9-16(24(32)25(33)27(20)37)21-13-6-7-14-22(15(13)8-17-23(21)19(35)10-18(31)26(17)36)29(39)34(28(14)38)12-4-2-11(30)3-5-12/h2-6,9-10,14-15,21-22,37H,7-8H2,1H3/t14-,15+,21+,22-/m0/s1. The SMILES string of the molecule is COc1cc([C@H]2C3=CC[C@@H]4C(=O)N(c5ccc(Br)cc5)C(=O)[C@@H]4[C@@H]3CC3=C2C(=O)C=C(Br)C3=O)c(Br)c(Br)c1O. The van der Waals surface area contributed by atoms with E-state index in [1.165, 1.54) is 18.1 Å². The minimum Gasteiger partial charge on any atom is -0.503 e. The molecule has 2 aromatic rings. The Morgan fingerprint density at radius 2 is 1.65 bits per heavy atom. The largest absolute Gasteiger partial charge is 0.503 e. The van der Waals surface area contributed by atoms with Gasteiger partial charge in [-0.2, -0.15) is 0 Å². The van der Waals surface area contributed by atoms with E-state index < -0.39 is 23.7 Å². The molecule has 11 heteroatoms. The number of phenols is 1. The fraction of sp³-hybridized carbons (Fsp3) is 0.241. The van der Waals surface area contributed by atoms with Gasteiger partial charge in [-0.05, 0) is 102 Å². The summed E-state index contributed by atoms with van der Waals surface area (Å²) in [5.74, 6) is -3.61. The Morgan fingerprint density at radius 3 is 2.33 bits per heavy atom. The van der Waals surface area contributed by atoms with Gasteiger partial charge in [0.2, 0.25) is 11.8 Å². The fourth-order valence-electron chi connectivity index (χ4n) is 6.38. The van der Waals surface area contributed by atoms with Crippen LogP contribution in [-0.2, 0) is 19.2 Å². The summed E-state index contributed by atoms with van der Waals surface area (Å²) in [7, 11) is 1.42. The summed E-state index contributed by atoms with van der Waals surface area (Å²) in [5, 5.41) is 10.6. The number of allylic oxidation sites excluding steroid dienone is 6. The van der Waals surface area contributed by atoms with Gasteiger partial charge in [-0.25, -0.2) is 0 Å². The molecule has 0 aromatic heterocycles. The number of carbonyl (C=O) groups excluding carboxylic acids is 4. The quantitative estimate of drug-likeness (QED) is 0.212. The molecule has 204 valence electrons. The Kier molecular flexibility index (Phi) is 7.08. The van der Waals surface area contributed by atoms with Crippen LogP contribution in [0.2, 0.25) is 0 Å². The number of fused-ring (bicyclic) bond motifs is 3. The van der Waals surface area contributed by atoms with Crippen LogP contribution in [0.15, 0.2) is 77.1 Å². The first-order valence-electron chi connectivity index (χ1n) is 12.3. The van der Waals surface area contributed by atoms with E-state index in [1.54, 1.807) is 30.3 Å². The third kappa shape index (κ3) is 4.06. The van der Waals surface area contributed by atoms with E-state index >= 15 is 0 Å². The highest BCUT2D eigenvalue weighted by Gasteiger charge is 2.57. The van der Waals surface area contributed by atoms with Crippen LogP contribution >= 0.6 is 63.7 Å². The van der Waals surface area contributed by atoms with Gasteiger partial charge >= 0.3 is 0 Å². The number of benzene rings is 2. The van der Waals surface area contributed by atoms with E-state index in [-0.39, 0.29) is 45.8 Å².